The first-order valence-corrected chi connectivity index (χ1v) is 7.06. The number of hydrogen-bond donors (Lipinski definition) is 1. The minimum Gasteiger partial charge on any atom is -0.432 e. The van der Waals surface area contributed by atoms with Gasteiger partial charge in [-0.1, -0.05) is 0 Å². The lowest BCUT2D eigenvalue weighted by Gasteiger charge is -2.23. The van der Waals surface area contributed by atoms with Crippen LogP contribution < -0.4 is 10.5 Å². The quantitative estimate of drug-likeness (QED) is 0.861. The molecule has 0 fully saturated rings. The van der Waals surface area contributed by atoms with E-state index in [1.807, 2.05) is 0 Å². The standard InChI is InChI=1S/C11H15F3N2O3S/c1-7(6-15)16(2)20(17,18)8-3-4-10(9(12)5-8)19-11(13)14/h3-5,7,11H,6,15H2,1-2H3. The molecular weight excluding hydrogens is 297 g/mol. The fraction of sp³-hybridized carbons (Fsp3) is 0.455. The van der Waals surface area contributed by atoms with Crippen molar-refractivity contribution in [3.05, 3.63) is 24.0 Å². The maximum absolute atomic E-state index is 13.5. The summed E-state index contributed by atoms with van der Waals surface area (Å²) in [5, 5.41) is 0. The molecule has 0 saturated carbocycles. The molecule has 0 aliphatic heterocycles. The number of rotatable bonds is 6. The van der Waals surface area contributed by atoms with Crippen molar-refractivity contribution in [3.8, 4) is 5.75 Å². The van der Waals surface area contributed by atoms with E-state index in [0.717, 1.165) is 16.4 Å². The molecule has 0 amide bonds. The SMILES string of the molecule is CC(CN)N(C)S(=O)(=O)c1ccc(OC(F)F)c(F)c1. The van der Waals surface area contributed by atoms with Gasteiger partial charge in [-0.15, -0.1) is 0 Å². The molecule has 1 atom stereocenters. The van der Waals surface area contributed by atoms with Gasteiger partial charge in [0.2, 0.25) is 10.0 Å². The second kappa shape index (κ2) is 6.42. The minimum absolute atomic E-state index is 0.0881. The van der Waals surface area contributed by atoms with E-state index in [-0.39, 0.29) is 11.4 Å². The van der Waals surface area contributed by atoms with E-state index in [9.17, 15) is 21.6 Å². The summed E-state index contributed by atoms with van der Waals surface area (Å²) in [5.41, 5.74) is 5.37. The Kier molecular flexibility index (Phi) is 5.37. The maximum Gasteiger partial charge on any atom is 0.387 e. The van der Waals surface area contributed by atoms with Crippen LogP contribution in [0.15, 0.2) is 23.1 Å². The van der Waals surface area contributed by atoms with Crippen molar-refractivity contribution in [2.45, 2.75) is 24.5 Å². The number of hydrogen-bond acceptors (Lipinski definition) is 4. The highest BCUT2D eigenvalue weighted by atomic mass is 32.2. The van der Waals surface area contributed by atoms with Crippen LogP contribution >= 0.6 is 0 Å². The summed E-state index contributed by atoms with van der Waals surface area (Å²) < 4.78 is 66.6. The van der Waals surface area contributed by atoms with Crippen molar-refractivity contribution in [3.63, 3.8) is 0 Å². The molecule has 0 aromatic heterocycles. The Labute approximate surface area is 115 Å². The van der Waals surface area contributed by atoms with Crippen LogP contribution in [-0.4, -0.2) is 39.0 Å². The van der Waals surface area contributed by atoms with Gasteiger partial charge in [0.1, 0.15) is 0 Å². The van der Waals surface area contributed by atoms with Gasteiger partial charge in [-0.25, -0.2) is 12.8 Å². The third-order valence-electron chi connectivity index (χ3n) is 2.76. The van der Waals surface area contributed by atoms with Crippen LogP contribution in [0.25, 0.3) is 0 Å². The summed E-state index contributed by atoms with van der Waals surface area (Å²) in [6, 6.07) is 1.98. The van der Waals surface area contributed by atoms with Crippen LogP contribution in [0.5, 0.6) is 5.75 Å². The van der Waals surface area contributed by atoms with Crippen molar-refractivity contribution in [1.29, 1.82) is 0 Å². The summed E-state index contributed by atoms with van der Waals surface area (Å²) in [6.07, 6.45) is 0. The Hall–Kier alpha value is -1.32. The molecular formula is C11H15F3N2O3S. The summed E-state index contributed by atoms with van der Waals surface area (Å²) in [6.45, 7) is -1.51. The van der Waals surface area contributed by atoms with E-state index < -0.39 is 34.2 Å². The van der Waals surface area contributed by atoms with E-state index in [4.69, 9.17) is 5.73 Å². The number of sulfonamides is 1. The lowest BCUT2D eigenvalue weighted by atomic mass is 10.3. The smallest absolute Gasteiger partial charge is 0.387 e. The molecule has 0 aliphatic rings. The highest BCUT2D eigenvalue weighted by Crippen LogP contribution is 2.24. The molecule has 5 nitrogen and oxygen atoms in total. The average molecular weight is 312 g/mol. The summed E-state index contributed by atoms with van der Waals surface area (Å²) in [4.78, 5) is -0.362. The minimum atomic E-state index is -3.95. The molecule has 1 rings (SSSR count). The van der Waals surface area contributed by atoms with Crippen LogP contribution in [0, 0.1) is 5.82 Å². The van der Waals surface area contributed by atoms with Crippen LogP contribution in [0.2, 0.25) is 0 Å². The van der Waals surface area contributed by atoms with Crippen LogP contribution in [0.4, 0.5) is 13.2 Å². The van der Waals surface area contributed by atoms with Gasteiger partial charge in [0.25, 0.3) is 0 Å². The zero-order chi connectivity index (χ0) is 15.5. The van der Waals surface area contributed by atoms with Crippen molar-refractivity contribution < 1.29 is 26.3 Å². The van der Waals surface area contributed by atoms with Crippen molar-refractivity contribution in [2.24, 2.45) is 5.73 Å². The first-order valence-electron chi connectivity index (χ1n) is 5.62. The lowest BCUT2D eigenvalue weighted by molar-refractivity contribution is -0.0522. The molecule has 0 radical (unpaired) electrons. The average Bonchev–Trinajstić information content (AvgIpc) is 2.38. The number of nitrogens with two attached hydrogens (primary N) is 1. The molecule has 0 heterocycles. The van der Waals surface area contributed by atoms with Crippen LogP contribution in [0.3, 0.4) is 0 Å². The first kappa shape index (κ1) is 16.7. The molecule has 0 aliphatic carbocycles. The Balaban J connectivity index is 3.12. The molecule has 9 heteroatoms. The second-order valence-electron chi connectivity index (χ2n) is 4.08. The zero-order valence-corrected chi connectivity index (χ0v) is 11.7. The lowest BCUT2D eigenvalue weighted by Crippen LogP contribution is -2.39. The van der Waals surface area contributed by atoms with Crippen molar-refractivity contribution >= 4 is 10.0 Å². The second-order valence-corrected chi connectivity index (χ2v) is 6.07. The summed E-state index contributed by atoms with van der Waals surface area (Å²) in [7, 11) is -2.65. The molecule has 0 spiro atoms. The van der Waals surface area contributed by atoms with Gasteiger partial charge in [0, 0.05) is 19.6 Å². The first-order chi connectivity index (χ1) is 9.20. The Morgan fingerprint density at radius 2 is 2.00 bits per heavy atom. The number of benzene rings is 1. The summed E-state index contributed by atoms with van der Waals surface area (Å²) in [5.74, 6) is -1.89. The van der Waals surface area contributed by atoms with E-state index in [2.05, 4.69) is 4.74 Å². The van der Waals surface area contributed by atoms with E-state index >= 15 is 0 Å². The molecule has 1 unspecified atom stereocenters. The highest BCUT2D eigenvalue weighted by Gasteiger charge is 2.26. The molecule has 1 aromatic rings. The Morgan fingerprint density at radius 3 is 2.45 bits per heavy atom. The maximum atomic E-state index is 13.5. The third kappa shape index (κ3) is 3.62. The van der Waals surface area contributed by atoms with Crippen LogP contribution in [-0.2, 0) is 10.0 Å². The number of halogens is 3. The number of nitrogens with zero attached hydrogens (tertiary/aromatic N) is 1. The normalized spacial score (nSPS) is 13.8. The van der Waals surface area contributed by atoms with Gasteiger partial charge >= 0.3 is 6.61 Å². The van der Waals surface area contributed by atoms with Gasteiger partial charge in [-0.3, -0.25) is 0 Å². The molecule has 0 saturated heterocycles. The topological polar surface area (TPSA) is 72.6 Å². The summed E-state index contributed by atoms with van der Waals surface area (Å²) >= 11 is 0. The predicted molar refractivity (Wildman–Crippen MR) is 66.5 cm³/mol. The highest BCUT2D eigenvalue weighted by molar-refractivity contribution is 7.89. The van der Waals surface area contributed by atoms with Gasteiger partial charge in [-0.05, 0) is 25.1 Å². The Morgan fingerprint density at radius 1 is 1.40 bits per heavy atom. The Bertz CT molecular complexity index is 566. The predicted octanol–water partition coefficient (Wildman–Crippen LogP) is 1.39. The van der Waals surface area contributed by atoms with E-state index in [1.54, 1.807) is 6.92 Å². The van der Waals surface area contributed by atoms with Crippen LogP contribution in [0.1, 0.15) is 6.92 Å². The molecule has 20 heavy (non-hydrogen) atoms. The van der Waals surface area contributed by atoms with E-state index in [1.165, 1.54) is 7.05 Å². The van der Waals surface area contributed by atoms with Gasteiger partial charge < -0.3 is 10.5 Å². The van der Waals surface area contributed by atoms with Crippen molar-refractivity contribution in [1.82, 2.24) is 4.31 Å². The molecule has 1 aromatic carbocycles. The largest absolute Gasteiger partial charge is 0.432 e. The molecule has 2 N–H and O–H groups in total. The molecule has 114 valence electrons. The third-order valence-corrected chi connectivity index (χ3v) is 4.73. The monoisotopic (exact) mass is 312 g/mol. The number of alkyl halides is 2. The van der Waals surface area contributed by atoms with E-state index in [0.29, 0.717) is 6.07 Å². The number of likely N-dealkylation sites (N-methyl/N-ethyl adjacent to an activating group) is 1. The number of ether oxygens (including phenoxy) is 1. The van der Waals surface area contributed by atoms with Gasteiger partial charge in [0.15, 0.2) is 11.6 Å². The molecule has 0 bridgehead atoms. The van der Waals surface area contributed by atoms with Crippen molar-refractivity contribution in [2.75, 3.05) is 13.6 Å². The van der Waals surface area contributed by atoms with Gasteiger partial charge in [-0.2, -0.15) is 13.1 Å². The zero-order valence-electron chi connectivity index (χ0n) is 10.9. The van der Waals surface area contributed by atoms with Gasteiger partial charge in [0.05, 0.1) is 4.90 Å². The fourth-order valence-corrected chi connectivity index (χ4v) is 2.77. The fourth-order valence-electron chi connectivity index (χ4n) is 1.39.